The van der Waals surface area contributed by atoms with Crippen LogP contribution in [0.2, 0.25) is 0 Å². The molecule has 0 radical (unpaired) electrons. The van der Waals surface area contributed by atoms with Crippen molar-refractivity contribution in [3.8, 4) is 0 Å². The van der Waals surface area contributed by atoms with E-state index in [0.29, 0.717) is 0 Å². The zero-order valence-electron chi connectivity index (χ0n) is 12.6. The molecule has 0 fully saturated rings. The minimum Gasteiger partial charge on any atom is -0.365 e. The Morgan fingerprint density at radius 2 is 1.70 bits per heavy atom. The molecule has 106 valence electrons. The van der Waals surface area contributed by atoms with Crippen molar-refractivity contribution in [1.29, 1.82) is 0 Å². The molecule has 3 N–H and O–H groups in total. The second-order valence-corrected chi connectivity index (χ2v) is 6.13. The van der Waals surface area contributed by atoms with Gasteiger partial charge in [0.05, 0.1) is 6.04 Å². The molecule has 0 aliphatic carbocycles. The number of nitrogens with one attached hydrogen (secondary N) is 1. The average molecular weight is 269 g/mol. The van der Waals surface area contributed by atoms with Gasteiger partial charge in [0.15, 0.2) is 0 Å². The average Bonchev–Trinajstić information content (AvgIpc) is 2.37. The Kier molecular flexibility index (Phi) is 4.09. The Labute approximate surface area is 121 Å². The van der Waals surface area contributed by atoms with Crippen molar-refractivity contribution in [2.75, 3.05) is 5.32 Å². The summed E-state index contributed by atoms with van der Waals surface area (Å²) in [5, 5.41) is 3.38. The fraction of sp³-hybridized carbons (Fsp3) is 0.353. The van der Waals surface area contributed by atoms with Crippen LogP contribution in [0.5, 0.6) is 0 Å². The van der Waals surface area contributed by atoms with Crippen LogP contribution >= 0.6 is 0 Å². The molecular weight excluding hydrogens is 246 g/mol. The van der Waals surface area contributed by atoms with Gasteiger partial charge in [-0.3, -0.25) is 0 Å². The number of aryl methyl sites for hydroxylation is 1. The molecule has 1 aromatic carbocycles. The van der Waals surface area contributed by atoms with E-state index in [1.54, 1.807) is 0 Å². The predicted molar refractivity (Wildman–Crippen MR) is 84.8 cm³/mol. The van der Waals surface area contributed by atoms with Crippen molar-refractivity contribution in [2.24, 2.45) is 5.73 Å². The van der Waals surface area contributed by atoms with Crippen molar-refractivity contribution in [3.63, 3.8) is 0 Å². The fourth-order valence-corrected chi connectivity index (χ4v) is 2.19. The first-order valence-electron chi connectivity index (χ1n) is 6.93. The standard InChI is InChI=1S/C17H23N3/c1-12-14(16(18)13-8-6-5-7-9-13)10-11-15(19-12)20-17(2,3)4/h5-11,16H,18H2,1-4H3,(H,19,20)/t16-/m1/s1. The zero-order valence-corrected chi connectivity index (χ0v) is 12.6. The number of pyridine rings is 1. The topological polar surface area (TPSA) is 50.9 Å². The number of anilines is 1. The molecular formula is C17H23N3. The summed E-state index contributed by atoms with van der Waals surface area (Å²) in [4.78, 5) is 4.61. The van der Waals surface area contributed by atoms with Gasteiger partial charge in [-0.15, -0.1) is 0 Å². The summed E-state index contributed by atoms with van der Waals surface area (Å²) in [7, 11) is 0. The lowest BCUT2D eigenvalue weighted by Crippen LogP contribution is -2.27. The molecule has 1 aromatic heterocycles. The molecule has 0 saturated carbocycles. The minimum absolute atomic E-state index is 0.00248. The molecule has 0 spiro atoms. The van der Waals surface area contributed by atoms with Gasteiger partial charge in [-0.25, -0.2) is 4.98 Å². The van der Waals surface area contributed by atoms with Gasteiger partial charge in [0, 0.05) is 11.2 Å². The number of aromatic nitrogens is 1. The molecule has 3 nitrogen and oxygen atoms in total. The number of benzene rings is 1. The van der Waals surface area contributed by atoms with Crippen molar-refractivity contribution < 1.29 is 0 Å². The quantitative estimate of drug-likeness (QED) is 0.894. The molecule has 2 rings (SSSR count). The summed E-state index contributed by atoms with van der Waals surface area (Å²) in [6, 6.07) is 14.0. The van der Waals surface area contributed by atoms with Crippen LogP contribution in [0.3, 0.4) is 0 Å². The van der Waals surface area contributed by atoms with Crippen molar-refractivity contribution in [3.05, 3.63) is 59.3 Å². The smallest absolute Gasteiger partial charge is 0.126 e. The Hall–Kier alpha value is -1.87. The van der Waals surface area contributed by atoms with Crippen LogP contribution in [0.25, 0.3) is 0 Å². The second kappa shape index (κ2) is 5.63. The van der Waals surface area contributed by atoms with Gasteiger partial charge < -0.3 is 11.1 Å². The molecule has 0 unspecified atom stereocenters. The lowest BCUT2D eigenvalue weighted by molar-refractivity contribution is 0.629. The Balaban J connectivity index is 2.26. The van der Waals surface area contributed by atoms with Crippen LogP contribution in [-0.2, 0) is 0 Å². The van der Waals surface area contributed by atoms with Crippen LogP contribution in [0.1, 0.15) is 43.6 Å². The van der Waals surface area contributed by atoms with E-state index in [-0.39, 0.29) is 11.6 Å². The SMILES string of the molecule is Cc1nc(NC(C)(C)C)ccc1[C@H](N)c1ccccc1. The third-order valence-electron chi connectivity index (χ3n) is 3.12. The Morgan fingerprint density at radius 1 is 1.05 bits per heavy atom. The number of nitrogens with two attached hydrogens (primary N) is 1. The first-order chi connectivity index (χ1) is 9.37. The van der Waals surface area contributed by atoms with Gasteiger partial charge in [0.2, 0.25) is 0 Å². The highest BCUT2D eigenvalue weighted by Gasteiger charge is 2.14. The zero-order chi connectivity index (χ0) is 14.8. The maximum atomic E-state index is 6.33. The lowest BCUT2D eigenvalue weighted by atomic mass is 9.98. The van der Waals surface area contributed by atoms with Crippen LogP contribution in [0.4, 0.5) is 5.82 Å². The summed E-state index contributed by atoms with van der Waals surface area (Å²) in [5.41, 5.74) is 9.48. The van der Waals surface area contributed by atoms with Crippen LogP contribution in [0, 0.1) is 6.92 Å². The molecule has 0 amide bonds. The van der Waals surface area contributed by atoms with E-state index >= 15 is 0 Å². The van der Waals surface area contributed by atoms with E-state index in [4.69, 9.17) is 5.73 Å². The summed E-state index contributed by atoms with van der Waals surface area (Å²) in [6.45, 7) is 8.36. The van der Waals surface area contributed by atoms with E-state index in [1.807, 2.05) is 43.3 Å². The van der Waals surface area contributed by atoms with E-state index in [2.05, 4.69) is 37.1 Å². The highest BCUT2D eigenvalue weighted by atomic mass is 15.0. The predicted octanol–water partition coefficient (Wildman–Crippen LogP) is 3.65. The van der Waals surface area contributed by atoms with Crippen LogP contribution < -0.4 is 11.1 Å². The molecule has 0 aliphatic heterocycles. The number of rotatable bonds is 3. The first-order valence-corrected chi connectivity index (χ1v) is 6.93. The van der Waals surface area contributed by atoms with Crippen molar-refractivity contribution in [2.45, 2.75) is 39.3 Å². The molecule has 2 aromatic rings. The first kappa shape index (κ1) is 14.5. The monoisotopic (exact) mass is 269 g/mol. The number of hydrogen-bond donors (Lipinski definition) is 2. The van der Waals surface area contributed by atoms with Crippen molar-refractivity contribution in [1.82, 2.24) is 4.98 Å². The van der Waals surface area contributed by atoms with Gasteiger partial charge in [0.1, 0.15) is 5.82 Å². The Morgan fingerprint density at radius 3 is 2.25 bits per heavy atom. The second-order valence-electron chi connectivity index (χ2n) is 6.13. The van der Waals surface area contributed by atoms with E-state index in [1.165, 1.54) is 0 Å². The minimum atomic E-state index is -0.132. The summed E-state index contributed by atoms with van der Waals surface area (Å²) in [6.07, 6.45) is 0. The molecule has 0 aliphatic rings. The summed E-state index contributed by atoms with van der Waals surface area (Å²) < 4.78 is 0. The van der Waals surface area contributed by atoms with E-state index < -0.39 is 0 Å². The van der Waals surface area contributed by atoms with Gasteiger partial charge in [0.25, 0.3) is 0 Å². The molecule has 0 bridgehead atoms. The largest absolute Gasteiger partial charge is 0.365 e. The molecule has 3 heteroatoms. The van der Waals surface area contributed by atoms with E-state index in [0.717, 1.165) is 22.6 Å². The number of hydrogen-bond acceptors (Lipinski definition) is 3. The van der Waals surface area contributed by atoms with Crippen molar-refractivity contribution >= 4 is 5.82 Å². The maximum Gasteiger partial charge on any atom is 0.126 e. The molecule has 1 heterocycles. The Bertz CT molecular complexity index is 571. The van der Waals surface area contributed by atoms with E-state index in [9.17, 15) is 0 Å². The summed E-state index contributed by atoms with van der Waals surface area (Å²) >= 11 is 0. The van der Waals surface area contributed by atoms with Gasteiger partial charge in [-0.1, -0.05) is 36.4 Å². The molecule has 0 saturated heterocycles. The van der Waals surface area contributed by atoms with Gasteiger partial charge in [-0.2, -0.15) is 0 Å². The highest BCUT2D eigenvalue weighted by molar-refractivity contribution is 5.43. The number of nitrogens with zero attached hydrogens (tertiary/aromatic N) is 1. The van der Waals surface area contributed by atoms with Crippen LogP contribution in [-0.4, -0.2) is 10.5 Å². The fourth-order valence-electron chi connectivity index (χ4n) is 2.19. The third-order valence-corrected chi connectivity index (χ3v) is 3.12. The maximum absolute atomic E-state index is 6.33. The van der Waals surface area contributed by atoms with Crippen LogP contribution in [0.15, 0.2) is 42.5 Å². The third kappa shape index (κ3) is 3.58. The van der Waals surface area contributed by atoms with Gasteiger partial charge >= 0.3 is 0 Å². The molecule has 1 atom stereocenters. The molecule has 20 heavy (non-hydrogen) atoms. The highest BCUT2D eigenvalue weighted by Crippen LogP contribution is 2.23. The van der Waals surface area contributed by atoms with Gasteiger partial charge in [-0.05, 0) is 44.9 Å². The summed E-state index contributed by atoms with van der Waals surface area (Å²) in [5.74, 6) is 0.888. The normalized spacial score (nSPS) is 13.1. The lowest BCUT2D eigenvalue weighted by Gasteiger charge is -2.22.